The number of nitrogens with zero attached hydrogens (tertiary/aromatic N) is 2. The minimum atomic E-state index is -0.0962. The molecule has 1 aromatic carbocycles. The first kappa shape index (κ1) is 17.7. The monoisotopic (exact) mass is 373 g/mol. The lowest BCUT2D eigenvalue weighted by Gasteiger charge is -2.14. The summed E-state index contributed by atoms with van der Waals surface area (Å²) in [4.78, 5) is 29.6. The van der Waals surface area contributed by atoms with Gasteiger partial charge in [0.25, 0.3) is 5.56 Å². The van der Waals surface area contributed by atoms with Crippen molar-refractivity contribution in [3.63, 3.8) is 0 Å². The van der Waals surface area contributed by atoms with Crippen molar-refractivity contribution in [1.82, 2.24) is 14.9 Å². The van der Waals surface area contributed by atoms with Crippen molar-refractivity contribution in [2.24, 2.45) is 0 Å². The molecule has 0 saturated carbocycles. The van der Waals surface area contributed by atoms with Crippen molar-refractivity contribution in [1.29, 1.82) is 0 Å². The lowest BCUT2D eigenvalue weighted by molar-refractivity contribution is -0.119. The van der Waals surface area contributed by atoms with E-state index in [0.29, 0.717) is 15.4 Å². The van der Waals surface area contributed by atoms with Gasteiger partial charge < -0.3 is 5.32 Å². The molecule has 0 aliphatic heterocycles. The Morgan fingerprint density at radius 3 is 2.80 bits per heavy atom. The van der Waals surface area contributed by atoms with Crippen molar-refractivity contribution in [3.8, 4) is 5.69 Å². The summed E-state index contributed by atoms with van der Waals surface area (Å²) >= 11 is 2.66. The highest BCUT2D eigenvalue weighted by Gasteiger charge is 2.16. The Labute approximate surface area is 154 Å². The van der Waals surface area contributed by atoms with Crippen molar-refractivity contribution in [2.75, 3.05) is 5.75 Å². The van der Waals surface area contributed by atoms with E-state index in [-0.39, 0.29) is 23.3 Å². The summed E-state index contributed by atoms with van der Waals surface area (Å²) < 4.78 is 2.24. The largest absolute Gasteiger partial charge is 0.353 e. The molecule has 2 aromatic heterocycles. The molecule has 5 nitrogen and oxygen atoms in total. The van der Waals surface area contributed by atoms with Gasteiger partial charge in [-0.05, 0) is 43.8 Å². The minimum Gasteiger partial charge on any atom is -0.353 e. The lowest BCUT2D eigenvalue weighted by Crippen LogP contribution is -2.32. The van der Waals surface area contributed by atoms with E-state index in [1.807, 2.05) is 56.5 Å². The predicted octanol–water partition coefficient (Wildman–Crippen LogP) is 3.37. The number of rotatable bonds is 5. The maximum Gasteiger partial charge on any atom is 0.276 e. The van der Waals surface area contributed by atoms with Crippen LogP contribution in [0.25, 0.3) is 15.9 Å². The topological polar surface area (TPSA) is 64.0 Å². The Morgan fingerprint density at radius 2 is 2.08 bits per heavy atom. The number of benzene rings is 1. The number of fused-ring (bicyclic) bond motifs is 1. The summed E-state index contributed by atoms with van der Waals surface area (Å²) in [5.74, 6) is 0.141. The minimum absolute atomic E-state index is 0.0731. The first-order valence-corrected chi connectivity index (χ1v) is 9.82. The van der Waals surface area contributed by atoms with Gasteiger partial charge in [0.15, 0.2) is 5.16 Å². The van der Waals surface area contributed by atoms with Crippen LogP contribution in [0.3, 0.4) is 0 Å². The maximum absolute atomic E-state index is 13.0. The lowest BCUT2D eigenvalue weighted by atomic mass is 10.2. The maximum atomic E-state index is 13.0. The molecule has 3 aromatic rings. The first-order chi connectivity index (χ1) is 12.0. The molecule has 1 N–H and O–H groups in total. The molecule has 0 spiro atoms. The number of hydrogen-bond donors (Lipinski definition) is 1. The number of amides is 1. The van der Waals surface area contributed by atoms with Crippen molar-refractivity contribution in [2.45, 2.75) is 32.0 Å². The van der Waals surface area contributed by atoms with Crippen molar-refractivity contribution in [3.05, 3.63) is 51.6 Å². The molecule has 0 bridgehead atoms. The molecular formula is C18H19N3O2S2. The van der Waals surface area contributed by atoms with Gasteiger partial charge in [0, 0.05) is 6.04 Å². The van der Waals surface area contributed by atoms with Gasteiger partial charge in [0.05, 0.1) is 17.0 Å². The summed E-state index contributed by atoms with van der Waals surface area (Å²) in [6.45, 7) is 5.79. The number of thiophene rings is 1. The molecule has 0 saturated heterocycles. The zero-order valence-electron chi connectivity index (χ0n) is 14.3. The van der Waals surface area contributed by atoms with Gasteiger partial charge in [-0.15, -0.1) is 11.3 Å². The zero-order chi connectivity index (χ0) is 18.0. The fraction of sp³-hybridized carbons (Fsp3) is 0.278. The Balaban J connectivity index is 2.07. The van der Waals surface area contributed by atoms with E-state index in [9.17, 15) is 9.59 Å². The van der Waals surface area contributed by atoms with E-state index in [1.54, 1.807) is 4.57 Å². The van der Waals surface area contributed by atoms with Crippen LogP contribution in [0.5, 0.6) is 0 Å². The van der Waals surface area contributed by atoms with E-state index in [4.69, 9.17) is 0 Å². The van der Waals surface area contributed by atoms with Gasteiger partial charge in [-0.1, -0.05) is 30.0 Å². The second-order valence-electron chi connectivity index (χ2n) is 5.97. The van der Waals surface area contributed by atoms with Crippen LogP contribution < -0.4 is 10.9 Å². The molecule has 7 heteroatoms. The number of thioether (sulfide) groups is 1. The Kier molecular flexibility index (Phi) is 5.24. The van der Waals surface area contributed by atoms with Gasteiger partial charge in [0.1, 0.15) is 4.70 Å². The van der Waals surface area contributed by atoms with Crippen LogP contribution in [0.1, 0.15) is 19.4 Å². The first-order valence-electron chi connectivity index (χ1n) is 7.96. The highest BCUT2D eigenvalue weighted by atomic mass is 32.2. The van der Waals surface area contributed by atoms with Gasteiger partial charge >= 0.3 is 0 Å². The average molecular weight is 374 g/mol. The van der Waals surface area contributed by atoms with Gasteiger partial charge in [-0.25, -0.2) is 4.98 Å². The van der Waals surface area contributed by atoms with Crippen LogP contribution in [-0.4, -0.2) is 27.3 Å². The molecule has 0 unspecified atom stereocenters. The van der Waals surface area contributed by atoms with Crippen molar-refractivity contribution >= 4 is 39.2 Å². The number of aromatic nitrogens is 2. The SMILES string of the molecule is Cc1ccccc1-n1c(SCC(=O)NC(C)C)nc2ccsc2c1=O. The Morgan fingerprint density at radius 1 is 1.32 bits per heavy atom. The summed E-state index contributed by atoms with van der Waals surface area (Å²) in [7, 11) is 0. The summed E-state index contributed by atoms with van der Waals surface area (Å²) in [5, 5.41) is 5.25. The molecule has 130 valence electrons. The molecule has 0 fully saturated rings. The fourth-order valence-electron chi connectivity index (χ4n) is 2.51. The quantitative estimate of drug-likeness (QED) is 0.550. The van der Waals surface area contributed by atoms with Crippen LogP contribution in [0.2, 0.25) is 0 Å². The van der Waals surface area contributed by atoms with Gasteiger partial charge in [0.2, 0.25) is 5.91 Å². The number of carbonyl (C=O) groups is 1. The number of para-hydroxylation sites is 1. The fourth-order valence-corrected chi connectivity index (χ4v) is 4.09. The van der Waals surface area contributed by atoms with E-state index in [1.165, 1.54) is 23.1 Å². The Bertz CT molecular complexity index is 976. The third-order valence-corrected chi connectivity index (χ3v) is 5.42. The number of carbonyl (C=O) groups excluding carboxylic acids is 1. The third kappa shape index (κ3) is 3.77. The normalized spacial score (nSPS) is 11.2. The summed E-state index contributed by atoms with van der Waals surface area (Å²) in [5.41, 5.74) is 2.35. The number of nitrogens with one attached hydrogen (secondary N) is 1. The summed E-state index contributed by atoms with van der Waals surface area (Å²) in [6, 6.07) is 9.61. The highest BCUT2D eigenvalue weighted by molar-refractivity contribution is 7.99. The van der Waals surface area contributed by atoms with Crippen LogP contribution >= 0.6 is 23.1 Å². The van der Waals surface area contributed by atoms with Crippen LogP contribution in [0, 0.1) is 6.92 Å². The Hall–Kier alpha value is -2.12. The predicted molar refractivity (Wildman–Crippen MR) is 104 cm³/mol. The molecule has 0 atom stereocenters. The second kappa shape index (κ2) is 7.41. The summed E-state index contributed by atoms with van der Waals surface area (Å²) in [6.07, 6.45) is 0. The van der Waals surface area contributed by atoms with Crippen molar-refractivity contribution < 1.29 is 4.79 Å². The molecule has 0 aliphatic carbocycles. The molecule has 0 radical (unpaired) electrons. The molecule has 3 rings (SSSR count). The van der Waals surface area contributed by atoms with E-state index in [2.05, 4.69) is 10.3 Å². The number of hydrogen-bond acceptors (Lipinski definition) is 5. The van der Waals surface area contributed by atoms with Gasteiger partial charge in [-0.3, -0.25) is 14.2 Å². The van der Waals surface area contributed by atoms with Crippen LogP contribution in [0.15, 0.2) is 45.7 Å². The third-order valence-electron chi connectivity index (χ3n) is 3.59. The van der Waals surface area contributed by atoms with E-state index < -0.39 is 0 Å². The molecule has 25 heavy (non-hydrogen) atoms. The number of aryl methyl sites for hydroxylation is 1. The molecular weight excluding hydrogens is 354 g/mol. The van der Waals surface area contributed by atoms with Crippen LogP contribution in [0.4, 0.5) is 0 Å². The van der Waals surface area contributed by atoms with E-state index >= 15 is 0 Å². The van der Waals surface area contributed by atoms with Gasteiger partial charge in [-0.2, -0.15) is 0 Å². The zero-order valence-corrected chi connectivity index (χ0v) is 15.9. The highest BCUT2D eigenvalue weighted by Crippen LogP contribution is 2.24. The van der Waals surface area contributed by atoms with E-state index in [0.717, 1.165) is 11.3 Å². The smallest absolute Gasteiger partial charge is 0.276 e. The standard InChI is InChI=1S/C18H19N3O2S2/c1-11(2)19-15(22)10-25-18-20-13-8-9-24-16(13)17(23)21(18)14-7-5-4-6-12(14)3/h4-9,11H,10H2,1-3H3,(H,19,22). The average Bonchev–Trinajstić information content (AvgIpc) is 3.02. The molecule has 2 heterocycles. The second-order valence-corrected chi connectivity index (χ2v) is 7.83. The molecule has 0 aliphatic rings. The molecule has 1 amide bonds. The van der Waals surface area contributed by atoms with Crippen LogP contribution in [-0.2, 0) is 4.79 Å².